The van der Waals surface area contributed by atoms with Gasteiger partial charge in [-0.05, 0) is 18.9 Å². The van der Waals surface area contributed by atoms with Crippen LogP contribution in [0.2, 0.25) is 0 Å². The van der Waals surface area contributed by atoms with Crippen LogP contribution in [0.15, 0.2) is 24.3 Å². The van der Waals surface area contributed by atoms with E-state index in [1.54, 1.807) is 19.2 Å². The Kier molecular flexibility index (Phi) is 8.47. The van der Waals surface area contributed by atoms with Crippen LogP contribution in [-0.2, 0) is 21.6 Å². The van der Waals surface area contributed by atoms with Crippen molar-refractivity contribution >= 4 is 34.4 Å². The van der Waals surface area contributed by atoms with Crippen LogP contribution in [-0.4, -0.2) is 33.2 Å². The van der Waals surface area contributed by atoms with Crippen molar-refractivity contribution in [2.75, 3.05) is 13.6 Å². The Morgan fingerprint density at radius 1 is 1.33 bits per heavy atom. The molecule has 6 nitrogen and oxygen atoms in total. The molecule has 24 heavy (non-hydrogen) atoms. The van der Waals surface area contributed by atoms with Crippen LogP contribution in [0.25, 0.3) is 0 Å². The smallest absolute Gasteiger partial charge is 0.222 e. The van der Waals surface area contributed by atoms with E-state index in [1.165, 1.54) is 0 Å². The predicted molar refractivity (Wildman–Crippen MR) is 99.1 cm³/mol. The Hall–Kier alpha value is -1.35. The first-order valence-electron chi connectivity index (χ1n) is 7.78. The van der Waals surface area contributed by atoms with Gasteiger partial charge in [0, 0.05) is 24.9 Å². The average Bonchev–Trinajstić information content (AvgIpc) is 2.53. The van der Waals surface area contributed by atoms with Crippen LogP contribution < -0.4 is 15.4 Å². The molecule has 0 saturated carbocycles. The van der Waals surface area contributed by atoms with Crippen LogP contribution in [0.4, 0.5) is 0 Å². The molecule has 1 aromatic carbocycles. The normalized spacial score (nSPS) is 14.5. The summed E-state index contributed by atoms with van der Waals surface area (Å²) in [5.74, 6) is -0.264. The number of unbranched alkanes of at least 4 members (excludes halogenated alkanes) is 1. The molecule has 0 bridgehead atoms. The molecular formula is C16H24N3O3S2-. The zero-order chi connectivity index (χ0) is 18.2. The van der Waals surface area contributed by atoms with Gasteiger partial charge in [-0.2, -0.15) is 0 Å². The number of thiocarbonyl (C=S) groups is 1. The van der Waals surface area contributed by atoms with E-state index in [0.717, 1.165) is 18.4 Å². The molecule has 0 aliphatic heterocycles. The minimum Gasteiger partial charge on any atom is -0.760 e. The maximum atomic E-state index is 12.3. The Labute approximate surface area is 151 Å². The first kappa shape index (κ1) is 20.7. The lowest BCUT2D eigenvalue weighted by Crippen LogP contribution is -2.55. The largest absolute Gasteiger partial charge is 0.760 e. The Bertz CT molecular complexity index is 593. The van der Waals surface area contributed by atoms with Crippen molar-refractivity contribution in [2.45, 2.75) is 38.6 Å². The number of hydrogen-bond donors (Lipinski definition) is 3. The molecule has 0 fully saturated rings. The highest BCUT2D eigenvalue weighted by Gasteiger charge is 2.39. The van der Waals surface area contributed by atoms with Crippen LogP contribution in [0.1, 0.15) is 37.3 Å². The Morgan fingerprint density at radius 2 is 1.96 bits per heavy atom. The lowest BCUT2D eigenvalue weighted by molar-refractivity contribution is -0.121. The molecule has 2 atom stereocenters. The highest BCUT2D eigenvalue weighted by Crippen LogP contribution is 2.27. The van der Waals surface area contributed by atoms with Gasteiger partial charge in [-0.3, -0.25) is 9.00 Å². The number of hydrogen-bond acceptors (Lipinski definition) is 4. The van der Waals surface area contributed by atoms with Crippen molar-refractivity contribution in [3.63, 3.8) is 0 Å². The zero-order valence-corrected chi connectivity index (χ0v) is 15.8. The van der Waals surface area contributed by atoms with E-state index in [1.807, 2.05) is 26.0 Å². The van der Waals surface area contributed by atoms with Crippen molar-refractivity contribution in [2.24, 2.45) is 0 Å². The van der Waals surface area contributed by atoms with E-state index in [-0.39, 0.29) is 17.3 Å². The quantitative estimate of drug-likeness (QED) is 0.347. The van der Waals surface area contributed by atoms with E-state index >= 15 is 0 Å². The monoisotopic (exact) mass is 370 g/mol. The molecule has 8 heteroatoms. The van der Waals surface area contributed by atoms with Crippen molar-refractivity contribution in [1.82, 2.24) is 15.4 Å². The van der Waals surface area contributed by atoms with Gasteiger partial charge in [-0.1, -0.05) is 55.4 Å². The van der Waals surface area contributed by atoms with Gasteiger partial charge in [0.15, 0.2) is 0 Å². The molecule has 0 saturated heterocycles. The number of rotatable bonds is 9. The van der Waals surface area contributed by atoms with Crippen LogP contribution in [0, 0.1) is 6.92 Å². The number of aryl methyl sites for hydroxylation is 1. The van der Waals surface area contributed by atoms with Crippen LogP contribution >= 0.6 is 12.2 Å². The fourth-order valence-corrected chi connectivity index (χ4v) is 3.24. The van der Waals surface area contributed by atoms with Gasteiger partial charge in [-0.15, -0.1) is 0 Å². The highest BCUT2D eigenvalue weighted by molar-refractivity contribution is 7.80. The zero-order valence-electron chi connectivity index (χ0n) is 14.2. The summed E-state index contributed by atoms with van der Waals surface area (Å²) in [5.41, 5.74) is 0.321. The Morgan fingerprint density at radius 3 is 2.46 bits per heavy atom. The van der Waals surface area contributed by atoms with Gasteiger partial charge in [0.2, 0.25) is 5.91 Å². The fourth-order valence-electron chi connectivity index (χ4n) is 2.36. The standard InChI is InChI=1S/C16H25N3O3S2/c1-4-5-10-18-14(20)11-16(15(23)17-3,19-24(21)22)13-8-6-12(2)7-9-13/h6-9,19H,4-5,10-11H2,1-3H3,(H,17,23)(H,18,20)(H,21,22)/p-1. The number of likely N-dealkylation sites (N-methyl/N-ethyl adjacent to an activating group) is 1. The lowest BCUT2D eigenvalue weighted by Gasteiger charge is -2.36. The molecule has 0 spiro atoms. The minimum atomic E-state index is -2.59. The number of carbonyl (C=O) groups is 1. The minimum absolute atomic E-state index is 0.118. The number of carbonyl (C=O) groups excluding carboxylic acids is 1. The molecule has 0 aromatic heterocycles. The number of amides is 1. The molecule has 0 aliphatic rings. The third-order valence-corrected chi connectivity index (χ3v) is 4.76. The molecule has 1 aromatic rings. The van der Waals surface area contributed by atoms with Crippen molar-refractivity contribution in [3.05, 3.63) is 35.4 Å². The molecule has 1 rings (SSSR count). The topological polar surface area (TPSA) is 93.3 Å². The fraction of sp³-hybridized carbons (Fsp3) is 0.500. The molecule has 2 unspecified atom stereocenters. The second-order valence-corrected chi connectivity index (χ2v) is 6.65. The maximum absolute atomic E-state index is 12.3. The summed E-state index contributed by atoms with van der Waals surface area (Å²) in [6.45, 7) is 4.51. The van der Waals surface area contributed by atoms with Crippen LogP contribution in [0.3, 0.4) is 0 Å². The Balaban J connectivity index is 3.20. The second-order valence-electron chi connectivity index (χ2n) is 5.57. The number of benzene rings is 1. The highest BCUT2D eigenvalue weighted by atomic mass is 32.2. The van der Waals surface area contributed by atoms with Gasteiger partial charge < -0.3 is 15.2 Å². The molecular weight excluding hydrogens is 346 g/mol. The molecule has 0 radical (unpaired) electrons. The van der Waals surface area contributed by atoms with Crippen LogP contribution in [0.5, 0.6) is 0 Å². The van der Waals surface area contributed by atoms with Crippen molar-refractivity contribution in [1.29, 1.82) is 0 Å². The van der Waals surface area contributed by atoms with Gasteiger partial charge in [0.05, 0.1) is 6.42 Å². The van der Waals surface area contributed by atoms with Gasteiger partial charge in [0.1, 0.15) is 10.5 Å². The van der Waals surface area contributed by atoms with E-state index in [9.17, 15) is 13.6 Å². The summed E-state index contributed by atoms with van der Waals surface area (Å²) >= 11 is 2.75. The summed E-state index contributed by atoms with van der Waals surface area (Å²) < 4.78 is 25.2. The van der Waals surface area contributed by atoms with Gasteiger partial charge in [0.25, 0.3) is 0 Å². The molecule has 0 heterocycles. The first-order chi connectivity index (χ1) is 11.4. The summed E-state index contributed by atoms with van der Waals surface area (Å²) in [7, 11) is 1.61. The second kappa shape index (κ2) is 9.83. The van der Waals surface area contributed by atoms with E-state index in [4.69, 9.17) is 12.2 Å². The third kappa shape index (κ3) is 5.62. The van der Waals surface area contributed by atoms with Gasteiger partial charge >= 0.3 is 0 Å². The molecule has 1 amide bonds. The summed E-state index contributed by atoms with van der Waals surface area (Å²) in [5, 5.41) is 5.62. The SMILES string of the molecule is CCCCNC(=O)CC(NS(=O)[O-])(C(=S)NC)c1ccc(C)cc1. The lowest BCUT2D eigenvalue weighted by atomic mass is 9.86. The molecule has 0 aliphatic carbocycles. The summed E-state index contributed by atoms with van der Waals surface area (Å²) in [4.78, 5) is 12.6. The van der Waals surface area contributed by atoms with Crippen molar-refractivity contribution < 1.29 is 13.6 Å². The van der Waals surface area contributed by atoms with Gasteiger partial charge in [-0.25, -0.2) is 4.72 Å². The van der Waals surface area contributed by atoms with Crippen molar-refractivity contribution in [3.8, 4) is 0 Å². The molecule has 134 valence electrons. The summed E-state index contributed by atoms with van der Waals surface area (Å²) in [6, 6.07) is 7.26. The third-order valence-electron chi connectivity index (χ3n) is 3.69. The average molecular weight is 371 g/mol. The van der Waals surface area contributed by atoms with E-state index in [2.05, 4.69) is 15.4 Å². The van der Waals surface area contributed by atoms with E-state index < -0.39 is 16.8 Å². The number of nitrogens with one attached hydrogen (secondary N) is 3. The first-order valence-corrected chi connectivity index (χ1v) is 9.27. The predicted octanol–water partition coefficient (Wildman–Crippen LogP) is 1.43. The maximum Gasteiger partial charge on any atom is 0.222 e. The summed E-state index contributed by atoms with van der Waals surface area (Å²) in [6.07, 6.45) is 1.70. The molecule has 3 N–H and O–H groups in total. The van der Waals surface area contributed by atoms with E-state index in [0.29, 0.717) is 12.1 Å².